The summed E-state index contributed by atoms with van der Waals surface area (Å²) in [5.41, 5.74) is 3.34. The van der Waals surface area contributed by atoms with Crippen LogP contribution in [0.25, 0.3) is 22.3 Å². The van der Waals surface area contributed by atoms with Crippen molar-refractivity contribution in [1.82, 2.24) is 15.0 Å². The van der Waals surface area contributed by atoms with E-state index in [0.717, 1.165) is 23.2 Å². The molecular formula is C24H30F3N5O2. The highest BCUT2D eigenvalue weighted by molar-refractivity contribution is 5.87. The number of pyridine rings is 1. The first-order valence-corrected chi connectivity index (χ1v) is 11.4. The van der Waals surface area contributed by atoms with E-state index >= 15 is 0 Å². The van der Waals surface area contributed by atoms with Crippen molar-refractivity contribution in [3.05, 3.63) is 29.2 Å². The van der Waals surface area contributed by atoms with Crippen molar-refractivity contribution in [3.8, 4) is 11.3 Å². The molecule has 4 atom stereocenters. The molecule has 1 saturated carbocycles. The second-order valence-electron chi connectivity index (χ2n) is 9.35. The number of anilines is 2. The molecule has 3 aromatic heterocycles. The predicted octanol–water partition coefficient (Wildman–Crippen LogP) is 5.25. The number of rotatable bonds is 6. The fourth-order valence-electron chi connectivity index (χ4n) is 4.88. The molecule has 34 heavy (non-hydrogen) atoms. The summed E-state index contributed by atoms with van der Waals surface area (Å²) in [5.74, 6) is 1.48. The molecule has 0 radical (unpaired) electrons. The smallest absolute Gasteiger partial charge is 0.405 e. The van der Waals surface area contributed by atoms with E-state index in [0.29, 0.717) is 34.3 Å². The van der Waals surface area contributed by atoms with E-state index in [4.69, 9.17) is 4.42 Å². The zero-order valence-corrected chi connectivity index (χ0v) is 19.9. The van der Waals surface area contributed by atoms with Crippen LogP contribution in [-0.4, -0.2) is 45.4 Å². The first-order chi connectivity index (χ1) is 16.0. The maximum Gasteiger partial charge on any atom is 0.405 e. The van der Waals surface area contributed by atoms with Gasteiger partial charge in [-0.05, 0) is 57.1 Å². The highest BCUT2D eigenvalue weighted by Crippen LogP contribution is 2.41. The number of alkyl halides is 3. The van der Waals surface area contributed by atoms with Gasteiger partial charge in [0.1, 0.15) is 18.1 Å². The summed E-state index contributed by atoms with van der Waals surface area (Å²) >= 11 is 0. The minimum atomic E-state index is -4.39. The molecule has 1 fully saturated rings. The number of halogens is 3. The highest BCUT2D eigenvalue weighted by Gasteiger charge is 2.38. The van der Waals surface area contributed by atoms with Crippen LogP contribution in [-0.2, 0) is 0 Å². The van der Waals surface area contributed by atoms with Crippen LogP contribution in [0.5, 0.6) is 0 Å². The first kappa shape index (κ1) is 24.3. The molecule has 3 N–H and O–H groups in total. The normalized spacial score (nSPS) is 23.0. The van der Waals surface area contributed by atoms with Gasteiger partial charge in [0.15, 0.2) is 5.58 Å². The molecule has 1 aliphatic rings. The number of nitrogens with zero attached hydrogens (tertiary/aromatic N) is 3. The average Bonchev–Trinajstić information content (AvgIpc) is 3.28. The molecule has 4 rings (SSSR count). The summed E-state index contributed by atoms with van der Waals surface area (Å²) < 4.78 is 44.5. The first-order valence-electron chi connectivity index (χ1n) is 11.4. The van der Waals surface area contributed by atoms with Gasteiger partial charge in [-0.3, -0.25) is 4.98 Å². The number of hydrogen-bond acceptors (Lipinski definition) is 7. The van der Waals surface area contributed by atoms with Crippen molar-refractivity contribution in [1.29, 1.82) is 0 Å². The average molecular weight is 478 g/mol. The van der Waals surface area contributed by atoms with Crippen molar-refractivity contribution in [2.45, 2.75) is 53.3 Å². The Kier molecular flexibility index (Phi) is 6.46. The molecule has 0 spiro atoms. The van der Waals surface area contributed by atoms with Crippen molar-refractivity contribution < 1.29 is 22.7 Å². The van der Waals surface area contributed by atoms with Gasteiger partial charge in [0.05, 0.1) is 17.0 Å². The molecule has 3 heterocycles. The fourth-order valence-corrected chi connectivity index (χ4v) is 4.88. The third-order valence-corrected chi connectivity index (χ3v) is 6.90. The Morgan fingerprint density at radius 2 is 1.79 bits per heavy atom. The Bertz CT molecular complexity index is 1190. The van der Waals surface area contributed by atoms with Gasteiger partial charge in [0.2, 0.25) is 5.95 Å². The van der Waals surface area contributed by atoms with Crippen LogP contribution in [0, 0.1) is 38.5 Å². The fraction of sp³-hybridized carbons (Fsp3) is 0.542. The molecule has 0 aromatic carbocycles. The summed E-state index contributed by atoms with van der Waals surface area (Å²) in [5, 5.41) is 16.4. The van der Waals surface area contributed by atoms with Crippen LogP contribution in [0.3, 0.4) is 0 Å². The van der Waals surface area contributed by atoms with Gasteiger partial charge < -0.3 is 20.2 Å². The molecule has 10 heteroatoms. The van der Waals surface area contributed by atoms with E-state index in [2.05, 4.69) is 39.4 Å². The van der Waals surface area contributed by atoms with Crippen LogP contribution in [0.2, 0.25) is 0 Å². The molecule has 1 aliphatic carbocycles. The van der Waals surface area contributed by atoms with Crippen molar-refractivity contribution in [2.75, 3.05) is 23.8 Å². The lowest BCUT2D eigenvalue weighted by Gasteiger charge is -2.22. The van der Waals surface area contributed by atoms with Gasteiger partial charge in [-0.1, -0.05) is 13.8 Å². The molecule has 184 valence electrons. The summed E-state index contributed by atoms with van der Waals surface area (Å²) in [6.45, 7) is 8.56. The van der Waals surface area contributed by atoms with Gasteiger partial charge in [-0.25, -0.2) is 4.98 Å². The Balaban J connectivity index is 1.78. The maximum atomic E-state index is 12.8. The van der Waals surface area contributed by atoms with E-state index in [1.54, 1.807) is 6.92 Å². The van der Waals surface area contributed by atoms with Crippen LogP contribution >= 0.6 is 0 Å². The van der Waals surface area contributed by atoms with Gasteiger partial charge in [0.25, 0.3) is 0 Å². The van der Waals surface area contributed by atoms with Crippen molar-refractivity contribution in [3.63, 3.8) is 0 Å². The second-order valence-corrected chi connectivity index (χ2v) is 9.35. The van der Waals surface area contributed by atoms with E-state index in [-0.39, 0.29) is 30.4 Å². The maximum absolute atomic E-state index is 12.8. The minimum absolute atomic E-state index is 0.00862. The topological polar surface area (TPSA) is 96.1 Å². The van der Waals surface area contributed by atoms with E-state index < -0.39 is 12.7 Å². The van der Waals surface area contributed by atoms with Gasteiger partial charge in [0, 0.05) is 23.7 Å². The number of hydrogen-bond donors (Lipinski definition) is 3. The number of aliphatic hydroxyl groups is 1. The molecule has 0 amide bonds. The Hall–Kier alpha value is -2.88. The van der Waals surface area contributed by atoms with Crippen LogP contribution in [0.1, 0.15) is 37.4 Å². The van der Waals surface area contributed by atoms with Crippen molar-refractivity contribution in [2.24, 2.45) is 17.8 Å². The number of nitrogens with one attached hydrogen (secondary N) is 2. The van der Waals surface area contributed by atoms with Crippen LogP contribution < -0.4 is 10.6 Å². The second kappa shape index (κ2) is 9.05. The Morgan fingerprint density at radius 1 is 1.06 bits per heavy atom. The molecule has 4 unspecified atom stereocenters. The van der Waals surface area contributed by atoms with Gasteiger partial charge >= 0.3 is 6.18 Å². The highest BCUT2D eigenvalue weighted by atomic mass is 19.4. The standard InChI is InChI=1S/C24H30F3N5O2/c1-11-6-16-8-19(34-21(16)15(5)29-11)20-14(4)30-23(28-10-24(25,26)27)32-22(20)31-18-7-17(9-33)12(2)13(18)3/h6,8,12-13,17-18,33H,7,9-10H2,1-5H3,(H2,28,30,31,32). The number of aliphatic hydroxyl groups excluding tert-OH is 1. The number of furan rings is 1. The largest absolute Gasteiger partial charge is 0.454 e. The van der Waals surface area contributed by atoms with E-state index in [1.807, 2.05) is 26.0 Å². The number of fused-ring (bicyclic) bond motifs is 1. The number of aryl methyl sites for hydroxylation is 3. The predicted molar refractivity (Wildman–Crippen MR) is 125 cm³/mol. The lowest BCUT2D eigenvalue weighted by Crippen LogP contribution is -2.26. The summed E-state index contributed by atoms with van der Waals surface area (Å²) in [7, 11) is 0. The van der Waals surface area contributed by atoms with Crippen LogP contribution in [0.4, 0.5) is 24.9 Å². The Labute approximate surface area is 196 Å². The molecular weight excluding hydrogens is 447 g/mol. The summed E-state index contributed by atoms with van der Waals surface area (Å²) in [4.78, 5) is 13.2. The summed E-state index contributed by atoms with van der Waals surface area (Å²) in [6.07, 6.45) is -3.66. The van der Waals surface area contributed by atoms with Crippen LogP contribution in [0.15, 0.2) is 16.5 Å². The van der Waals surface area contributed by atoms with E-state index in [1.165, 1.54) is 0 Å². The lowest BCUT2D eigenvalue weighted by atomic mass is 9.92. The molecule has 3 aromatic rings. The monoisotopic (exact) mass is 477 g/mol. The van der Waals surface area contributed by atoms with Gasteiger partial charge in [-0.2, -0.15) is 18.2 Å². The zero-order chi connectivity index (χ0) is 24.8. The third-order valence-electron chi connectivity index (χ3n) is 6.90. The quantitative estimate of drug-likeness (QED) is 0.446. The van der Waals surface area contributed by atoms with Crippen molar-refractivity contribution >= 4 is 22.7 Å². The SMILES string of the molecule is Cc1cc2cc(-c3c(C)nc(NCC(F)(F)F)nc3NC3CC(CO)C(C)C3C)oc2c(C)n1. The minimum Gasteiger partial charge on any atom is -0.454 e. The van der Waals surface area contributed by atoms with Gasteiger partial charge in [-0.15, -0.1) is 0 Å². The van der Waals surface area contributed by atoms with E-state index in [9.17, 15) is 18.3 Å². The summed E-state index contributed by atoms with van der Waals surface area (Å²) in [6, 6.07) is 3.80. The molecule has 0 aliphatic heterocycles. The zero-order valence-electron chi connectivity index (χ0n) is 19.9. The molecule has 0 bridgehead atoms. The third kappa shape index (κ3) is 4.82. The Morgan fingerprint density at radius 3 is 2.44 bits per heavy atom. The molecule has 0 saturated heterocycles. The molecule has 7 nitrogen and oxygen atoms in total. The number of aromatic nitrogens is 3. The lowest BCUT2D eigenvalue weighted by molar-refractivity contribution is -0.115.